The Morgan fingerprint density at radius 3 is 2.72 bits per heavy atom. The van der Waals surface area contributed by atoms with Crippen molar-refractivity contribution in [2.24, 2.45) is 7.05 Å². The van der Waals surface area contributed by atoms with Gasteiger partial charge in [-0.2, -0.15) is 0 Å². The van der Waals surface area contributed by atoms with Crippen LogP contribution in [0.25, 0.3) is 44.7 Å². The Balaban J connectivity index is 1.31. The van der Waals surface area contributed by atoms with Crippen LogP contribution in [0.15, 0.2) is 73.1 Å². The number of aliphatic hydroxyl groups is 1. The van der Waals surface area contributed by atoms with E-state index in [1.807, 2.05) is 19.2 Å². The zero-order valence-corrected chi connectivity index (χ0v) is 20.1. The number of halogens is 1. The van der Waals surface area contributed by atoms with Crippen molar-refractivity contribution in [3.8, 4) is 33.8 Å². The molecule has 0 radical (unpaired) electrons. The maximum atomic E-state index is 14.2. The molecule has 0 aliphatic heterocycles. The fourth-order valence-corrected chi connectivity index (χ4v) is 5.21. The van der Waals surface area contributed by atoms with Crippen LogP contribution >= 0.6 is 0 Å². The first kappa shape index (κ1) is 22.6. The molecule has 0 amide bonds. The van der Waals surface area contributed by atoms with Gasteiger partial charge in [0.15, 0.2) is 5.82 Å². The number of hydrogen-bond acceptors (Lipinski definition) is 4. The van der Waals surface area contributed by atoms with Crippen LogP contribution in [0, 0.1) is 5.82 Å². The third-order valence-corrected chi connectivity index (χ3v) is 7.15. The summed E-state index contributed by atoms with van der Waals surface area (Å²) in [6, 6.07) is 21.8. The van der Waals surface area contributed by atoms with Gasteiger partial charge in [-0.1, -0.05) is 30.3 Å². The topological polar surface area (TPSA) is 78.8 Å². The van der Waals surface area contributed by atoms with Crippen molar-refractivity contribution in [2.45, 2.75) is 38.0 Å². The van der Waals surface area contributed by atoms with E-state index in [4.69, 9.17) is 0 Å². The van der Waals surface area contributed by atoms with Crippen LogP contribution in [0.1, 0.15) is 24.8 Å². The van der Waals surface area contributed by atoms with Gasteiger partial charge in [0.05, 0.1) is 6.10 Å². The number of benzene rings is 3. The summed E-state index contributed by atoms with van der Waals surface area (Å²) in [5, 5.41) is 22.9. The third-order valence-electron chi connectivity index (χ3n) is 7.15. The van der Waals surface area contributed by atoms with Gasteiger partial charge in [-0.05, 0) is 77.9 Å². The van der Waals surface area contributed by atoms with E-state index in [2.05, 4.69) is 56.9 Å². The highest BCUT2D eigenvalue weighted by Gasteiger charge is 2.24. The van der Waals surface area contributed by atoms with E-state index < -0.39 is 0 Å². The summed E-state index contributed by atoms with van der Waals surface area (Å²) in [4.78, 5) is 3.54. The van der Waals surface area contributed by atoms with E-state index >= 15 is 0 Å². The van der Waals surface area contributed by atoms with Crippen molar-refractivity contribution in [3.63, 3.8) is 0 Å². The second-order valence-electron chi connectivity index (χ2n) is 9.63. The monoisotopic (exact) mass is 481 g/mol. The molecule has 0 saturated heterocycles. The van der Waals surface area contributed by atoms with Gasteiger partial charge >= 0.3 is 0 Å². The Labute approximate surface area is 208 Å². The highest BCUT2D eigenvalue weighted by molar-refractivity contribution is 5.88. The molecule has 7 heteroatoms. The first-order valence-electron chi connectivity index (χ1n) is 12.3. The van der Waals surface area contributed by atoms with Crippen LogP contribution in [0.3, 0.4) is 0 Å². The molecule has 36 heavy (non-hydrogen) atoms. The zero-order valence-electron chi connectivity index (χ0n) is 20.1. The van der Waals surface area contributed by atoms with Crippen molar-refractivity contribution in [3.05, 3.63) is 84.4 Å². The molecule has 0 spiro atoms. The zero-order chi connectivity index (χ0) is 24.6. The van der Waals surface area contributed by atoms with E-state index in [1.54, 1.807) is 17.0 Å². The molecule has 1 aliphatic carbocycles. The maximum Gasteiger partial charge on any atom is 0.164 e. The Hall–Kier alpha value is -3.81. The molecule has 1 aliphatic rings. The number of nitrogens with zero attached hydrogens (tertiary/aromatic N) is 3. The molecule has 5 aromatic rings. The van der Waals surface area contributed by atoms with E-state index in [0.717, 1.165) is 59.1 Å². The van der Waals surface area contributed by atoms with Crippen LogP contribution in [0.5, 0.6) is 0 Å². The first-order valence-corrected chi connectivity index (χ1v) is 12.3. The summed E-state index contributed by atoms with van der Waals surface area (Å²) < 4.78 is 16.0. The fourth-order valence-electron chi connectivity index (χ4n) is 5.21. The lowest BCUT2D eigenvalue weighted by Gasteiger charge is -2.16. The number of aromatic amines is 1. The minimum absolute atomic E-state index is 0.183. The lowest BCUT2D eigenvalue weighted by atomic mass is 9.96. The van der Waals surface area contributed by atoms with Gasteiger partial charge in [-0.15, -0.1) is 10.2 Å². The van der Waals surface area contributed by atoms with E-state index in [0.29, 0.717) is 11.4 Å². The predicted octanol–water partition coefficient (Wildman–Crippen LogP) is 5.44. The molecule has 0 unspecified atom stereocenters. The summed E-state index contributed by atoms with van der Waals surface area (Å²) in [6.45, 7) is 0.739. The Kier molecular flexibility index (Phi) is 5.87. The lowest BCUT2D eigenvalue weighted by molar-refractivity contribution is 0.148. The quantitative estimate of drug-likeness (QED) is 0.302. The Bertz CT molecular complexity index is 1540. The number of hydrogen-bond donors (Lipinski definition) is 3. The highest BCUT2D eigenvalue weighted by Crippen LogP contribution is 2.34. The Morgan fingerprint density at radius 1 is 1.03 bits per heavy atom. The number of aliphatic hydroxyl groups excluding tert-OH is 1. The number of fused-ring (bicyclic) bond motifs is 1. The minimum atomic E-state index is -0.309. The summed E-state index contributed by atoms with van der Waals surface area (Å²) in [6.07, 6.45) is 4.37. The third kappa shape index (κ3) is 4.32. The molecule has 3 aromatic carbocycles. The van der Waals surface area contributed by atoms with Crippen molar-refractivity contribution in [1.82, 2.24) is 25.1 Å². The molecular formula is C29H28FN5O. The Morgan fingerprint density at radius 2 is 1.92 bits per heavy atom. The van der Waals surface area contributed by atoms with Crippen molar-refractivity contribution >= 4 is 10.9 Å². The van der Waals surface area contributed by atoms with E-state index in [1.165, 1.54) is 17.7 Å². The molecule has 1 saturated carbocycles. The van der Waals surface area contributed by atoms with Gasteiger partial charge in [-0.3, -0.25) is 0 Å². The maximum absolute atomic E-state index is 14.2. The number of nitrogens with one attached hydrogen (secondary N) is 2. The summed E-state index contributed by atoms with van der Waals surface area (Å²) >= 11 is 0. The molecule has 182 valence electrons. The van der Waals surface area contributed by atoms with Crippen molar-refractivity contribution in [2.75, 3.05) is 0 Å². The smallest absolute Gasteiger partial charge is 0.164 e. The average Bonchev–Trinajstić information content (AvgIpc) is 3.62. The van der Waals surface area contributed by atoms with E-state index in [9.17, 15) is 9.50 Å². The molecule has 2 aromatic heterocycles. The van der Waals surface area contributed by atoms with Gasteiger partial charge in [0.25, 0.3) is 0 Å². The molecular weight excluding hydrogens is 453 g/mol. The van der Waals surface area contributed by atoms with E-state index in [-0.39, 0.29) is 18.0 Å². The van der Waals surface area contributed by atoms with Crippen molar-refractivity contribution in [1.29, 1.82) is 0 Å². The minimum Gasteiger partial charge on any atom is -0.392 e. The van der Waals surface area contributed by atoms with Crippen LogP contribution in [0.4, 0.5) is 4.39 Å². The fraction of sp³-hybridized carbons (Fsp3) is 0.241. The normalized spacial score (nSPS) is 17.8. The summed E-state index contributed by atoms with van der Waals surface area (Å²) in [5.41, 5.74) is 6.91. The second kappa shape index (κ2) is 9.33. The van der Waals surface area contributed by atoms with Gasteiger partial charge in [0.2, 0.25) is 0 Å². The van der Waals surface area contributed by atoms with Gasteiger partial charge in [0, 0.05) is 41.8 Å². The van der Waals surface area contributed by atoms with Crippen LogP contribution in [0.2, 0.25) is 0 Å². The average molecular weight is 482 g/mol. The molecule has 0 bridgehead atoms. The van der Waals surface area contributed by atoms with Crippen LogP contribution < -0.4 is 5.32 Å². The molecule has 3 N–H and O–H groups in total. The number of H-pyrrole nitrogens is 1. The summed E-state index contributed by atoms with van der Waals surface area (Å²) in [7, 11) is 1.85. The van der Waals surface area contributed by atoms with Gasteiger partial charge < -0.3 is 20.0 Å². The molecule has 1 fully saturated rings. The van der Waals surface area contributed by atoms with Crippen LogP contribution in [-0.4, -0.2) is 37.0 Å². The first-order chi connectivity index (χ1) is 17.5. The van der Waals surface area contributed by atoms with Crippen LogP contribution in [-0.2, 0) is 13.6 Å². The molecule has 6 rings (SSSR count). The van der Waals surface area contributed by atoms with Gasteiger partial charge in [-0.25, -0.2) is 4.39 Å². The lowest BCUT2D eigenvalue weighted by Crippen LogP contribution is -2.34. The summed E-state index contributed by atoms with van der Waals surface area (Å²) in [5.74, 6) is 0.308. The number of rotatable bonds is 6. The second-order valence-corrected chi connectivity index (χ2v) is 9.63. The molecule has 2 heterocycles. The SMILES string of the molecule is Cn1cnnc1-c1cc(F)ccc1-c1cccc(-c2cc3cc(CN[C@@H]4CCC[C@@H]4O)ccc3[nH]2)c1. The highest BCUT2D eigenvalue weighted by atomic mass is 19.1. The largest absolute Gasteiger partial charge is 0.392 e. The van der Waals surface area contributed by atoms with Crippen molar-refractivity contribution < 1.29 is 9.50 Å². The van der Waals surface area contributed by atoms with Gasteiger partial charge in [0.1, 0.15) is 12.1 Å². The molecule has 6 nitrogen and oxygen atoms in total. The number of aryl methyl sites for hydroxylation is 1. The standard InChI is InChI=1S/C29H28FN5O/c1-35-17-32-34-29(35)24-15-22(30)9-10-23(24)19-4-2-5-20(13-19)27-14-21-12-18(8-11-25(21)33-27)16-31-26-6-3-7-28(26)36/h2,4-5,8-15,17,26,28,31,33,36H,3,6-7,16H2,1H3/t26-,28+/m1/s1. The predicted molar refractivity (Wildman–Crippen MR) is 140 cm³/mol. The number of aromatic nitrogens is 4. The molecule has 2 atom stereocenters.